The first-order valence-corrected chi connectivity index (χ1v) is 9.22. The predicted octanol–water partition coefficient (Wildman–Crippen LogP) is 5.16. The largest absolute Gasteiger partial charge is 0.270 e. The molecule has 0 spiro atoms. The maximum absolute atomic E-state index is 10.9. The molecule has 4 aromatic rings. The predicted molar refractivity (Wildman–Crippen MR) is 117 cm³/mol. The zero-order valence-electron chi connectivity index (χ0n) is 15.8. The van der Waals surface area contributed by atoms with Crippen molar-refractivity contribution < 1.29 is 4.92 Å². The molecule has 0 fully saturated rings. The summed E-state index contributed by atoms with van der Waals surface area (Å²) in [6.45, 7) is 0. The van der Waals surface area contributed by atoms with E-state index in [1.165, 1.54) is 18.3 Å². The molecule has 0 aliphatic rings. The highest BCUT2D eigenvalue weighted by Crippen LogP contribution is 2.25. The average Bonchev–Trinajstić information content (AvgIpc) is 2.80. The van der Waals surface area contributed by atoms with Crippen LogP contribution in [0.3, 0.4) is 0 Å². The first-order chi connectivity index (χ1) is 14.7. The van der Waals surface area contributed by atoms with Crippen LogP contribution in [0.1, 0.15) is 5.56 Å². The summed E-state index contributed by atoms with van der Waals surface area (Å²) in [6, 6.07) is 27.8. The monoisotopic (exact) mass is 395 g/mol. The number of hydrogen-bond acceptors (Lipinski definition) is 6. The Morgan fingerprint density at radius 1 is 0.800 bits per heavy atom. The minimum absolute atomic E-state index is 0.00707. The minimum Gasteiger partial charge on any atom is -0.258 e. The van der Waals surface area contributed by atoms with Gasteiger partial charge in [0.05, 0.1) is 22.5 Å². The van der Waals surface area contributed by atoms with Crippen LogP contribution in [-0.4, -0.2) is 21.1 Å². The quantitative estimate of drug-likeness (QED) is 0.276. The molecule has 0 atom stereocenters. The smallest absolute Gasteiger partial charge is 0.258 e. The van der Waals surface area contributed by atoms with Gasteiger partial charge in [0.1, 0.15) is 0 Å². The van der Waals surface area contributed by atoms with E-state index in [9.17, 15) is 10.1 Å². The first kappa shape index (κ1) is 18.9. The molecule has 0 aliphatic carbocycles. The van der Waals surface area contributed by atoms with Crippen LogP contribution in [0.2, 0.25) is 0 Å². The summed E-state index contributed by atoms with van der Waals surface area (Å²) < 4.78 is 0. The van der Waals surface area contributed by atoms with Crippen LogP contribution in [0.4, 0.5) is 11.6 Å². The topological polar surface area (TPSA) is 93.3 Å². The fourth-order valence-electron chi connectivity index (χ4n) is 2.89. The third-order valence-corrected chi connectivity index (χ3v) is 4.32. The Kier molecular flexibility index (Phi) is 5.52. The second-order valence-corrected chi connectivity index (χ2v) is 6.42. The van der Waals surface area contributed by atoms with Crippen molar-refractivity contribution in [3.05, 3.63) is 107 Å². The van der Waals surface area contributed by atoms with Crippen molar-refractivity contribution in [2.75, 3.05) is 5.43 Å². The Hall–Kier alpha value is -4.39. The average molecular weight is 395 g/mol. The van der Waals surface area contributed by atoms with Gasteiger partial charge in [-0.3, -0.25) is 10.1 Å². The number of non-ortho nitro benzene ring substituents is 1. The molecule has 0 saturated carbocycles. The van der Waals surface area contributed by atoms with E-state index in [1.807, 2.05) is 66.7 Å². The second kappa shape index (κ2) is 8.74. The highest BCUT2D eigenvalue weighted by Gasteiger charge is 2.08. The number of hydrogen-bond donors (Lipinski definition) is 1. The van der Waals surface area contributed by atoms with Gasteiger partial charge < -0.3 is 0 Å². The molecule has 3 aromatic carbocycles. The van der Waals surface area contributed by atoms with E-state index in [1.54, 1.807) is 12.1 Å². The molecule has 7 nitrogen and oxygen atoms in total. The van der Waals surface area contributed by atoms with Crippen molar-refractivity contribution in [2.24, 2.45) is 5.10 Å². The number of nitrogens with zero attached hydrogens (tertiary/aromatic N) is 4. The molecule has 0 amide bonds. The van der Waals surface area contributed by atoms with Crippen LogP contribution >= 0.6 is 0 Å². The molecule has 4 rings (SSSR count). The van der Waals surface area contributed by atoms with Gasteiger partial charge in [0.25, 0.3) is 5.69 Å². The lowest BCUT2D eigenvalue weighted by atomic mass is 10.1. The van der Waals surface area contributed by atoms with Crippen LogP contribution in [0.25, 0.3) is 22.5 Å². The SMILES string of the molecule is O=[N+]([O-])c1cccc(/C=N\Nc2nc(-c3ccccc3)cc(-c3ccccc3)n2)c1. The van der Waals surface area contributed by atoms with Gasteiger partial charge in [-0.2, -0.15) is 5.10 Å². The molecular formula is C23H17N5O2. The second-order valence-electron chi connectivity index (χ2n) is 6.42. The molecule has 1 heterocycles. The summed E-state index contributed by atoms with van der Waals surface area (Å²) in [4.78, 5) is 19.6. The van der Waals surface area contributed by atoms with Crippen molar-refractivity contribution in [1.29, 1.82) is 0 Å². The molecule has 146 valence electrons. The number of benzene rings is 3. The van der Waals surface area contributed by atoms with Gasteiger partial charge in [-0.1, -0.05) is 72.8 Å². The lowest BCUT2D eigenvalue weighted by Crippen LogP contribution is -2.00. The normalized spacial score (nSPS) is 10.8. The fourth-order valence-corrected chi connectivity index (χ4v) is 2.89. The van der Waals surface area contributed by atoms with Gasteiger partial charge >= 0.3 is 0 Å². The van der Waals surface area contributed by atoms with Crippen LogP contribution < -0.4 is 5.43 Å². The van der Waals surface area contributed by atoms with E-state index >= 15 is 0 Å². The van der Waals surface area contributed by atoms with Crippen molar-refractivity contribution >= 4 is 17.9 Å². The third kappa shape index (κ3) is 4.53. The molecule has 0 radical (unpaired) electrons. The summed E-state index contributed by atoms with van der Waals surface area (Å²) >= 11 is 0. The highest BCUT2D eigenvalue weighted by molar-refractivity contribution is 5.81. The molecular weight excluding hydrogens is 378 g/mol. The minimum atomic E-state index is -0.441. The van der Waals surface area contributed by atoms with Crippen molar-refractivity contribution in [3.63, 3.8) is 0 Å². The van der Waals surface area contributed by atoms with Gasteiger partial charge in [0.2, 0.25) is 5.95 Å². The van der Waals surface area contributed by atoms with E-state index in [2.05, 4.69) is 20.5 Å². The van der Waals surface area contributed by atoms with E-state index in [0.717, 1.165) is 22.5 Å². The Morgan fingerprint density at radius 2 is 1.40 bits per heavy atom. The van der Waals surface area contributed by atoms with Gasteiger partial charge in [0, 0.05) is 28.8 Å². The number of aromatic nitrogens is 2. The number of hydrazone groups is 1. The molecule has 0 aliphatic heterocycles. The molecule has 7 heteroatoms. The summed E-state index contributed by atoms with van der Waals surface area (Å²) in [5, 5.41) is 15.1. The van der Waals surface area contributed by atoms with E-state index in [4.69, 9.17) is 0 Å². The van der Waals surface area contributed by atoms with Crippen LogP contribution in [-0.2, 0) is 0 Å². The first-order valence-electron chi connectivity index (χ1n) is 9.22. The van der Waals surface area contributed by atoms with E-state index < -0.39 is 4.92 Å². The fraction of sp³-hybridized carbons (Fsp3) is 0. The van der Waals surface area contributed by atoms with E-state index in [0.29, 0.717) is 11.5 Å². The van der Waals surface area contributed by atoms with Crippen LogP contribution in [0, 0.1) is 10.1 Å². The Bertz CT molecular complexity index is 1140. The lowest BCUT2D eigenvalue weighted by molar-refractivity contribution is -0.384. The molecule has 0 saturated heterocycles. The van der Waals surface area contributed by atoms with E-state index in [-0.39, 0.29) is 5.69 Å². The number of anilines is 1. The van der Waals surface area contributed by atoms with Gasteiger partial charge in [0.15, 0.2) is 0 Å². The molecule has 1 N–H and O–H groups in total. The number of nitrogens with one attached hydrogen (secondary N) is 1. The molecule has 0 unspecified atom stereocenters. The van der Waals surface area contributed by atoms with Crippen molar-refractivity contribution in [3.8, 4) is 22.5 Å². The zero-order chi connectivity index (χ0) is 20.8. The van der Waals surface area contributed by atoms with Gasteiger partial charge in [-0.15, -0.1) is 0 Å². The number of nitro groups is 1. The maximum Gasteiger partial charge on any atom is 0.270 e. The summed E-state index contributed by atoms with van der Waals surface area (Å²) in [7, 11) is 0. The van der Waals surface area contributed by atoms with Gasteiger partial charge in [-0.05, 0) is 6.07 Å². The lowest BCUT2D eigenvalue weighted by Gasteiger charge is -2.08. The highest BCUT2D eigenvalue weighted by atomic mass is 16.6. The third-order valence-electron chi connectivity index (χ3n) is 4.32. The standard InChI is InChI=1S/C23H17N5O2/c29-28(30)20-13-7-8-17(14-20)16-24-27-23-25-21(18-9-3-1-4-10-18)15-22(26-23)19-11-5-2-6-12-19/h1-16H,(H,25,26,27)/b24-16-. The summed E-state index contributed by atoms with van der Waals surface area (Å²) in [5.74, 6) is 0.330. The summed E-state index contributed by atoms with van der Waals surface area (Å²) in [5.41, 5.74) is 6.89. The molecule has 1 aromatic heterocycles. The Labute approximate surface area is 172 Å². The number of rotatable bonds is 6. The van der Waals surface area contributed by atoms with Crippen LogP contribution in [0.5, 0.6) is 0 Å². The summed E-state index contributed by atoms with van der Waals surface area (Å²) in [6.07, 6.45) is 1.49. The van der Waals surface area contributed by atoms with Crippen LogP contribution in [0.15, 0.2) is 96.1 Å². The Morgan fingerprint density at radius 3 is 1.97 bits per heavy atom. The molecule has 30 heavy (non-hydrogen) atoms. The van der Waals surface area contributed by atoms with Crippen molar-refractivity contribution in [2.45, 2.75) is 0 Å². The zero-order valence-corrected chi connectivity index (χ0v) is 15.8. The van der Waals surface area contributed by atoms with Gasteiger partial charge in [-0.25, -0.2) is 15.4 Å². The Balaban J connectivity index is 1.65. The number of nitro benzene ring substituents is 1. The maximum atomic E-state index is 10.9. The molecule has 0 bridgehead atoms. The van der Waals surface area contributed by atoms with Crippen molar-refractivity contribution in [1.82, 2.24) is 9.97 Å².